The van der Waals surface area contributed by atoms with Gasteiger partial charge in [0, 0.05) is 22.3 Å². The van der Waals surface area contributed by atoms with Gasteiger partial charge in [-0.3, -0.25) is 0 Å². The van der Waals surface area contributed by atoms with Crippen LogP contribution in [0, 0.1) is 0 Å². The number of hydrogen-bond donors (Lipinski definition) is 1. The SMILES string of the molecule is C=CCOc1cc(C(=O)Oc2cc(C(=O)O)cc3c2OC(c2ccccc2)(c2ccccc2)O3)cc2c1OC(c1ccccc1)(c1ccccc1)O2. The summed E-state index contributed by atoms with van der Waals surface area (Å²) in [6, 6.07) is 42.9. The van der Waals surface area contributed by atoms with Crippen LogP contribution in [-0.2, 0) is 11.6 Å². The third kappa shape index (κ3) is 5.54. The Kier molecular flexibility index (Phi) is 8.08. The van der Waals surface area contributed by atoms with Crippen molar-refractivity contribution >= 4 is 11.9 Å². The summed E-state index contributed by atoms with van der Waals surface area (Å²) in [6.45, 7) is 3.86. The highest BCUT2D eigenvalue weighted by molar-refractivity contribution is 5.95. The third-order valence-electron chi connectivity index (χ3n) is 8.70. The van der Waals surface area contributed by atoms with Gasteiger partial charge in [0.25, 0.3) is 0 Å². The first-order chi connectivity index (χ1) is 25.4. The van der Waals surface area contributed by atoms with Crippen molar-refractivity contribution in [2.45, 2.75) is 11.6 Å². The van der Waals surface area contributed by atoms with Crippen LogP contribution in [0.4, 0.5) is 0 Å². The number of hydrogen-bond acceptors (Lipinski definition) is 8. The molecule has 1 N–H and O–H groups in total. The maximum Gasteiger partial charge on any atom is 0.343 e. The van der Waals surface area contributed by atoms with Crippen LogP contribution in [0.15, 0.2) is 158 Å². The van der Waals surface area contributed by atoms with E-state index in [1.54, 1.807) is 6.08 Å². The van der Waals surface area contributed by atoms with E-state index < -0.39 is 23.5 Å². The molecule has 0 amide bonds. The normalized spacial score (nSPS) is 14.3. The molecule has 2 aliphatic rings. The summed E-state index contributed by atoms with van der Waals surface area (Å²) in [6.07, 6.45) is 1.57. The number of aromatic carboxylic acids is 1. The second-order valence-corrected chi connectivity index (χ2v) is 12.0. The Morgan fingerprint density at radius 3 is 1.40 bits per heavy atom. The highest BCUT2D eigenvalue weighted by atomic mass is 16.7. The Morgan fingerprint density at radius 1 is 0.577 bits per heavy atom. The van der Waals surface area contributed by atoms with Gasteiger partial charge in [0.2, 0.25) is 11.5 Å². The third-order valence-corrected chi connectivity index (χ3v) is 8.70. The molecule has 0 spiro atoms. The van der Waals surface area contributed by atoms with Crippen molar-refractivity contribution in [3.63, 3.8) is 0 Å². The van der Waals surface area contributed by atoms with Crippen LogP contribution in [-0.4, -0.2) is 23.7 Å². The summed E-state index contributed by atoms with van der Waals surface area (Å²) in [7, 11) is 0. The molecule has 9 heteroatoms. The van der Waals surface area contributed by atoms with Crippen LogP contribution in [0.1, 0.15) is 43.0 Å². The fourth-order valence-electron chi connectivity index (χ4n) is 6.31. The zero-order chi connectivity index (χ0) is 35.7. The van der Waals surface area contributed by atoms with Gasteiger partial charge in [-0.25, -0.2) is 9.59 Å². The van der Waals surface area contributed by atoms with E-state index >= 15 is 0 Å². The van der Waals surface area contributed by atoms with Gasteiger partial charge in [-0.1, -0.05) is 134 Å². The zero-order valence-electron chi connectivity index (χ0n) is 27.6. The van der Waals surface area contributed by atoms with Crippen LogP contribution in [0.5, 0.6) is 34.5 Å². The lowest BCUT2D eigenvalue weighted by molar-refractivity contribution is -0.0469. The maximum absolute atomic E-state index is 14.1. The van der Waals surface area contributed by atoms with Gasteiger partial charge >= 0.3 is 23.5 Å². The van der Waals surface area contributed by atoms with Crippen LogP contribution >= 0.6 is 0 Å². The molecule has 256 valence electrons. The lowest BCUT2D eigenvalue weighted by atomic mass is 9.97. The Hall–Kier alpha value is -7.00. The van der Waals surface area contributed by atoms with E-state index in [2.05, 4.69) is 6.58 Å². The quantitative estimate of drug-likeness (QED) is 0.0860. The van der Waals surface area contributed by atoms with Gasteiger partial charge in [0.15, 0.2) is 23.0 Å². The fourth-order valence-corrected chi connectivity index (χ4v) is 6.31. The lowest BCUT2D eigenvalue weighted by Gasteiger charge is -2.28. The number of esters is 1. The second kappa shape index (κ2) is 13.0. The largest absolute Gasteiger partial charge is 0.485 e. The van der Waals surface area contributed by atoms with Crippen molar-refractivity contribution in [1.82, 2.24) is 0 Å². The summed E-state index contributed by atoms with van der Waals surface area (Å²) in [5.74, 6) is -4.24. The van der Waals surface area contributed by atoms with Crippen molar-refractivity contribution < 1.29 is 43.1 Å². The smallest absolute Gasteiger partial charge is 0.343 e. The lowest BCUT2D eigenvalue weighted by Crippen LogP contribution is -2.36. The van der Waals surface area contributed by atoms with Crippen molar-refractivity contribution in [3.8, 4) is 34.5 Å². The molecule has 6 aromatic rings. The van der Waals surface area contributed by atoms with Gasteiger partial charge in [-0.15, -0.1) is 0 Å². The Labute approximate surface area is 298 Å². The van der Waals surface area contributed by atoms with E-state index in [0.717, 1.165) is 11.1 Å². The molecule has 0 saturated carbocycles. The second-order valence-electron chi connectivity index (χ2n) is 12.0. The number of benzene rings is 6. The number of rotatable bonds is 10. The van der Waals surface area contributed by atoms with Crippen molar-refractivity contribution in [3.05, 3.63) is 192 Å². The molecule has 8 rings (SSSR count). The molecule has 0 aromatic heterocycles. The number of carbonyl (C=O) groups excluding carboxylic acids is 1. The van der Waals surface area contributed by atoms with Crippen LogP contribution in [0.25, 0.3) is 0 Å². The van der Waals surface area contributed by atoms with Gasteiger partial charge in [-0.2, -0.15) is 0 Å². The molecule has 0 aliphatic carbocycles. The van der Waals surface area contributed by atoms with Gasteiger partial charge in [0.05, 0.1) is 11.1 Å². The Balaban J connectivity index is 1.19. The zero-order valence-corrected chi connectivity index (χ0v) is 27.6. The van der Waals surface area contributed by atoms with Crippen LogP contribution in [0.3, 0.4) is 0 Å². The Bertz CT molecular complexity index is 2210. The Morgan fingerprint density at radius 2 is 0.981 bits per heavy atom. The fraction of sp³-hybridized carbons (Fsp3) is 0.0698. The molecular formula is C43H30O9. The highest BCUT2D eigenvalue weighted by Gasteiger charge is 2.49. The molecule has 0 saturated heterocycles. The summed E-state index contributed by atoms with van der Waals surface area (Å²) >= 11 is 0. The molecule has 9 nitrogen and oxygen atoms in total. The molecular weight excluding hydrogens is 660 g/mol. The number of carboxylic acid groups (broad SMARTS) is 1. The number of carbonyl (C=O) groups is 2. The molecule has 2 heterocycles. The molecule has 0 unspecified atom stereocenters. The summed E-state index contributed by atoms with van der Waals surface area (Å²) in [5.41, 5.74) is 2.60. The average molecular weight is 691 g/mol. The van der Waals surface area contributed by atoms with Crippen LogP contribution < -0.4 is 28.4 Å². The van der Waals surface area contributed by atoms with E-state index in [0.29, 0.717) is 11.1 Å². The molecule has 52 heavy (non-hydrogen) atoms. The highest BCUT2D eigenvalue weighted by Crippen LogP contribution is 2.54. The van der Waals surface area contributed by atoms with Gasteiger partial charge < -0.3 is 33.5 Å². The minimum Gasteiger partial charge on any atom is -0.485 e. The van der Waals surface area contributed by atoms with Crippen molar-refractivity contribution in [2.24, 2.45) is 0 Å². The molecule has 0 fully saturated rings. The van der Waals surface area contributed by atoms with Crippen molar-refractivity contribution in [1.29, 1.82) is 0 Å². The monoisotopic (exact) mass is 690 g/mol. The number of fused-ring (bicyclic) bond motifs is 2. The van der Waals surface area contributed by atoms with Gasteiger partial charge in [0.1, 0.15) is 6.61 Å². The molecule has 6 aromatic carbocycles. The average Bonchev–Trinajstić information content (AvgIpc) is 3.80. The number of ether oxygens (including phenoxy) is 6. The number of carboxylic acids is 1. The summed E-state index contributed by atoms with van der Waals surface area (Å²) in [4.78, 5) is 26.4. The molecule has 0 bridgehead atoms. The van der Waals surface area contributed by atoms with E-state index in [1.807, 2.05) is 121 Å². The summed E-state index contributed by atoms with van der Waals surface area (Å²) < 4.78 is 38.2. The van der Waals surface area contributed by atoms with Crippen LogP contribution in [0.2, 0.25) is 0 Å². The maximum atomic E-state index is 14.1. The standard InChI is InChI=1S/C43H30O9/c1-2-23-47-34-26-29(27-37-38(34)51-42(50-37,30-15-7-3-8-16-30)31-17-9-4-10-18-31)41(46)48-35-24-28(40(44)45)25-36-39(35)52-43(49-36,32-19-11-5-12-20-32)33-21-13-6-14-22-33/h2-22,24-27H,1,23H2,(H,44,45). The van der Waals surface area contributed by atoms with Crippen molar-refractivity contribution in [2.75, 3.05) is 6.61 Å². The first kappa shape index (κ1) is 32.2. The van der Waals surface area contributed by atoms with E-state index in [4.69, 9.17) is 28.4 Å². The van der Waals surface area contributed by atoms with E-state index in [1.165, 1.54) is 24.3 Å². The predicted molar refractivity (Wildman–Crippen MR) is 190 cm³/mol. The topological polar surface area (TPSA) is 110 Å². The molecule has 0 radical (unpaired) electrons. The predicted octanol–water partition coefficient (Wildman–Crippen LogP) is 8.51. The first-order valence-corrected chi connectivity index (χ1v) is 16.4. The minimum absolute atomic E-state index is 0.0455. The molecule has 0 atom stereocenters. The first-order valence-electron chi connectivity index (χ1n) is 16.4. The molecule has 2 aliphatic heterocycles. The van der Waals surface area contributed by atoms with E-state index in [9.17, 15) is 14.7 Å². The van der Waals surface area contributed by atoms with Gasteiger partial charge in [-0.05, 0) is 24.3 Å². The minimum atomic E-state index is -1.49. The van der Waals surface area contributed by atoms with E-state index in [-0.39, 0.29) is 52.2 Å². The summed E-state index contributed by atoms with van der Waals surface area (Å²) in [5, 5.41) is 10.0.